The fourth-order valence-corrected chi connectivity index (χ4v) is 2.80. The van der Waals surface area contributed by atoms with Gasteiger partial charge >= 0.3 is 0 Å². The molecule has 0 aliphatic carbocycles. The van der Waals surface area contributed by atoms with E-state index in [9.17, 15) is 0 Å². The molecule has 0 radical (unpaired) electrons. The van der Waals surface area contributed by atoms with Crippen molar-refractivity contribution in [3.05, 3.63) is 6.07 Å². The Morgan fingerprint density at radius 1 is 1.26 bits per heavy atom. The molecular weight excluding hydrogens is 260 g/mol. The van der Waals surface area contributed by atoms with Crippen LogP contribution in [0.2, 0.25) is 0 Å². The number of anilines is 2. The fourth-order valence-electron chi connectivity index (χ4n) is 2.42. The molecule has 1 fully saturated rings. The van der Waals surface area contributed by atoms with Gasteiger partial charge in [0.2, 0.25) is 0 Å². The lowest BCUT2D eigenvalue weighted by atomic mass is 10.00. The molecule has 0 bridgehead atoms. The van der Waals surface area contributed by atoms with E-state index in [1.807, 2.05) is 12.3 Å². The lowest BCUT2D eigenvalue weighted by Crippen LogP contribution is -2.47. The van der Waals surface area contributed by atoms with Gasteiger partial charge in [-0.15, -0.1) is 0 Å². The van der Waals surface area contributed by atoms with Crippen LogP contribution in [0.4, 0.5) is 11.6 Å². The molecule has 2 heterocycles. The molecule has 19 heavy (non-hydrogen) atoms. The van der Waals surface area contributed by atoms with Crippen molar-refractivity contribution in [1.82, 2.24) is 15.0 Å². The maximum Gasteiger partial charge on any atom is 0.191 e. The largest absolute Gasteiger partial charge is 0.308 e. The van der Waals surface area contributed by atoms with E-state index in [0.29, 0.717) is 23.1 Å². The summed E-state index contributed by atoms with van der Waals surface area (Å²) in [6.07, 6.45) is 5.65. The predicted molar refractivity (Wildman–Crippen MR) is 79.9 cm³/mol. The Morgan fingerprint density at radius 2 is 1.89 bits per heavy atom. The van der Waals surface area contributed by atoms with Crippen LogP contribution < -0.4 is 16.7 Å². The SMILES string of the molecule is CSc1nc(NN)cc(NN2C(C)CCCC2C)n1. The number of piperidine rings is 1. The summed E-state index contributed by atoms with van der Waals surface area (Å²) in [4.78, 5) is 8.73. The normalized spacial score (nSPS) is 24.2. The predicted octanol–water partition coefficient (Wildman–Crippen LogP) is 2.07. The average molecular weight is 282 g/mol. The number of hydrogen-bond donors (Lipinski definition) is 3. The number of rotatable bonds is 4. The van der Waals surface area contributed by atoms with Gasteiger partial charge in [0, 0.05) is 18.2 Å². The van der Waals surface area contributed by atoms with Crippen LogP contribution in [0.5, 0.6) is 0 Å². The monoisotopic (exact) mass is 282 g/mol. The molecule has 2 atom stereocenters. The highest BCUT2D eigenvalue weighted by atomic mass is 32.2. The molecule has 0 saturated carbocycles. The van der Waals surface area contributed by atoms with E-state index >= 15 is 0 Å². The molecule has 0 amide bonds. The summed E-state index contributed by atoms with van der Waals surface area (Å²) in [6.45, 7) is 4.48. The molecule has 2 unspecified atom stereocenters. The molecule has 6 nitrogen and oxygen atoms in total. The van der Waals surface area contributed by atoms with Gasteiger partial charge in [0.25, 0.3) is 0 Å². The summed E-state index contributed by atoms with van der Waals surface area (Å²) < 4.78 is 0. The van der Waals surface area contributed by atoms with Crippen LogP contribution in [0.25, 0.3) is 0 Å². The van der Waals surface area contributed by atoms with Crippen molar-refractivity contribution < 1.29 is 0 Å². The summed E-state index contributed by atoms with van der Waals surface area (Å²) in [6, 6.07) is 2.84. The van der Waals surface area contributed by atoms with E-state index in [0.717, 1.165) is 5.82 Å². The summed E-state index contributed by atoms with van der Waals surface area (Å²) in [7, 11) is 0. The maximum absolute atomic E-state index is 5.44. The van der Waals surface area contributed by atoms with Crippen LogP contribution in [0.3, 0.4) is 0 Å². The average Bonchev–Trinajstić information content (AvgIpc) is 2.42. The third-order valence-corrected chi connectivity index (χ3v) is 4.02. The third-order valence-electron chi connectivity index (χ3n) is 3.47. The van der Waals surface area contributed by atoms with Crippen molar-refractivity contribution in [3.8, 4) is 0 Å². The first-order valence-corrected chi connectivity index (χ1v) is 7.81. The number of thioether (sulfide) groups is 1. The van der Waals surface area contributed by atoms with Crippen LogP contribution in [0, 0.1) is 0 Å². The number of hydrazine groups is 2. The summed E-state index contributed by atoms with van der Waals surface area (Å²) >= 11 is 1.50. The number of nitrogens with zero attached hydrogens (tertiary/aromatic N) is 3. The van der Waals surface area contributed by atoms with Crippen molar-refractivity contribution in [2.45, 2.75) is 50.4 Å². The van der Waals surface area contributed by atoms with Gasteiger partial charge < -0.3 is 10.9 Å². The van der Waals surface area contributed by atoms with E-state index in [1.165, 1.54) is 31.0 Å². The van der Waals surface area contributed by atoms with Crippen molar-refractivity contribution >= 4 is 23.4 Å². The Morgan fingerprint density at radius 3 is 2.47 bits per heavy atom. The highest BCUT2D eigenvalue weighted by molar-refractivity contribution is 7.98. The highest BCUT2D eigenvalue weighted by Crippen LogP contribution is 2.24. The molecule has 1 saturated heterocycles. The van der Waals surface area contributed by atoms with Gasteiger partial charge in [-0.05, 0) is 32.9 Å². The minimum absolute atomic E-state index is 0.505. The minimum atomic E-state index is 0.505. The standard InChI is InChI=1S/C12H22N6S/c1-8-5-4-6-9(2)18(8)17-11-7-10(16-13)14-12(15-11)19-3/h7-9H,4-6,13H2,1-3H3,(H2,14,15,16,17). The van der Waals surface area contributed by atoms with Crippen LogP contribution in [-0.4, -0.2) is 33.3 Å². The molecule has 1 aromatic heterocycles. The Bertz CT molecular complexity index is 394. The van der Waals surface area contributed by atoms with Crippen LogP contribution in [0.15, 0.2) is 11.2 Å². The number of nitrogen functional groups attached to an aromatic ring is 1. The molecule has 0 spiro atoms. The highest BCUT2D eigenvalue weighted by Gasteiger charge is 2.25. The fraction of sp³-hybridized carbons (Fsp3) is 0.667. The zero-order valence-corrected chi connectivity index (χ0v) is 12.5. The number of nitrogens with one attached hydrogen (secondary N) is 2. The Hall–Kier alpha value is -1.05. The first-order chi connectivity index (χ1) is 9.13. The first-order valence-electron chi connectivity index (χ1n) is 6.58. The van der Waals surface area contributed by atoms with E-state index < -0.39 is 0 Å². The molecule has 4 N–H and O–H groups in total. The van der Waals surface area contributed by atoms with E-state index in [2.05, 4.69) is 39.7 Å². The first kappa shape index (κ1) is 14.4. The molecule has 1 aliphatic rings. The molecule has 0 aromatic carbocycles. The molecule has 1 aromatic rings. The van der Waals surface area contributed by atoms with Gasteiger partial charge in [0.15, 0.2) is 5.16 Å². The number of hydrogen-bond acceptors (Lipinski definition) is 7. The van der Waals surface area contributed by atoms with Gasteiger partial charge in [0.1, 0.15) is 11.6 Å². The Kier molecular flexibility index (Phi) is 4.84. The number of aromatic nitrogens is 2. The second kappa shape index (κ2) is 6.40. The van der Waals surface area contributed by atoms with E-state index in [4.69, 9.17) is 5.84 Å². The molecule has 2 rings (SSSR count). The molecular formula is C12H22N6S. The summed E-state index contributed by atoms with van der Waals surface area (Å²) in [5.74, 6) is 6.85. The maximum atomic E-state index is 5.44. The second-order valence-electron chi connectivity index (χ2n) is 4.92. The summed E-state index contributed by atoms with van der Waals surface area (Å²) in [5.41, 5.74) is 5.98. The van der Waals surface area contributed by atoms with Gasteiger partial charge in [0.05, 0.1) is 0 Å². The minimum Gasteiger partial charge on any atom is -0.308 e. The van der Waals surface area contributed by atoms with Crippen molar-refractivity contribution in [2.75, 3.05) is 17.1 Å². The summed E-state index contributed by atoms with van der Waals surface area (Å²) in [5, 5.41) is 2.98. The van der Waals surface area contributed by atoms with Gasteiger partial charge in [-0.1, -0.05) is 18.2 Å². The zero-order chi connectivity index (χ0) is 13.8. The second-order valence-corrected chi connectivity index (χ2v) is 5.69. The van der Waals surface area contributed by atoms with Crippen molar-refractivity contribution in [3.63, 3.8) is 0 Å². The van der Waals surface area contributed by atoms with Crippen molar-refractivity contribution in [1.29, 1.82) is 0 Å². The van der Waals surface area contributed by atoms with E-state index in [-0.39, 0.29) is 0 Å². The van der Waals surface area contributed by atoms with Gasteiger partial charge in [-0.25, -0.2) is 20.8 Å². The smallest absolute Gasteiger partial charge is 0.191 e. The van der Waals surface area contributed by atoms with Crippen LogP contribution >= 0.6 is 11.8 Å². The van der Waals surface area contributed by atoms with Gasteiger partial charge in [-0.3, -0.25) is 0 Å². The lowest BCUT2D eigenvalue weighted by molar-refractivity contribution is 0.135. The van der Waals surface area contributed by atoms with Crippen molar-refractivity contribution in [2.24, 2.45) is 5.84 Å². The third kappa shape index (κ3) is 3.49. The Balaban J connectivity index is 2.17. The Labute approximate surface area is 118 Å². The molecule has 1 aliphatic heterocycles. The number of nitrogens with two attached hydrogens (primary N) is 1. The lowest BCUT2D eigenvalue weighted by Gasteiger charge is -2.39. The van der Waals surface area contributed by atoms with Crippen LogP contribution in [0.1, 0.15) is 33.1 Å². The van der Waals surface area contributed by atoms with Crippen LogP contribution in [-0.2, 0) is 0 Å². The quantitative estimate of drug-likeness (QED) is 0.338. The van der Waals surface area contributed by atoms with Gasteiger partial charge in [-0.2, -0.15) is 0 Å². The van der Waals surface area contributed by atoms with E-state index in [1.54, 1.807) is 0 Å². The molecule has 106 valence electrons. The molecule has 7 heteroatoms. The topological polar surface area (TPSA) is 79.1 Å². The zero-order valence-electron chi connectivity index (χ0n) is 11.7.